The number of nitrogens with zero attached hydrogens (tertiary/aromatic N) is 5. The molecule has 0 radical (unpaired) electrons. The highest BCUT2D eigenvalue weighted by atomic mass is 16.2. The Balaban J connectivity index is 1.32. The molecule has 186 valence electrons. The maximum absolute atomic E-state index is 13.7. The summed E-state index contributed by atoms with van der Waals surface area (Å²) >= 11 is 0. The molecule has 2 aromatic heterocycles. The van der Waals surface area contributed by atoms with Gasteiger partial charge in [0.25, 0.3) is 0 Å². The highest BCUT2D eigenvalue weighted by Gasteiger charge is 2.30. The van der Waals surface area contributed by atoms with Crippen molar-refractivity contribution < 1.29 is 4.79 Å². The maximum atomic E-state index is 13.7. The summed E-state index contributed by atoms with van der Waals surface area (Å²) in [5.41, 5.74) is 4.64. The molecule has 0 spiro atoms. The van der Waals surface area contributed by atoms with Crippen LogP contribution < -0.4 is 10.2 Å². The Bertz CT molecular complexity index is 1360. The Labute approximate surface area is 217 Å². The lowest BCUT2D eigenvalue weighted by atomic mass is 9.89. The summed E-state index contributed by atoms with van der Waals surface area (Å²) in [5.74, 6) is 0.899. The van der Waals surface area contributed by atoms with Crippen LogP contribution in [0.1, 0.15) is 36.8 Å². The van der Waals surface area contributed by atoms with Gasteiger partial charge in [0, 0.05) is 42.8 Å². The van der Waals surface area contributed by atoms with Crippen LogP contribution in [-0.2, 0) is 18.3 Å². The van der Waals surface area contributed by atoms with Gasteiger partial charge in [-0.2, -0.15) is 10.4 Å². The van der Waals surface area contributed by atoms with Crippen LogP contribution in [0.5, 0.6) is 0 Å². The maximum Gasteiger partial charge on any atom is 0.231 e. The molecule has 0 aliphatic heterocycles. The molecule has 7 heteroatoms. The zero-order valence-corrected chi connectivity index (χ0v) is 20.9. The molecule has 1 fully saturated rings. The van der Waals surface area contributed by atoms with Gasteiger partial charge in [-0.15, -0.1) is 0 Å². The van der Waals surface area contributed by atoms with Gasteiger partial charge in [0.15, 0.2) is 0 Å². The van der Waals surface area contributed by atoms with Crippen molar-refractivity contribution in [1.82, 2.24) is 14.8 Å². The van der Waals surface area contributed by atoms with E-state index in [0.29, 0.717) is 12.0 Å². The molecule has 7 nitrogen and oxygen atoms in total. The minimum Gasteiger partial charge on any atom is -0.367 e. The average Bonchev–Trinajstić information content (AvgIpc) is 3.37. The standard InChI is InChI=1S/C30H30N6O/c1-35-21-25(20-33-35)24-8-12-27(13-9-24)36(30(37)17-22-5-3-2-4-6-22)28-14-10-26(11-15-28)34-29-16-7-23(18-31)19-32-29/h2-9,12-13,16,19-21,26,28H,10-11,14-15,17H2,1H3,(H,32,34)/t26-,28-. The third-order valence-electron chi connectivity index (χ3n) is 6.96. The lowest BCUT2D eigenvalue weighted by molar-refractivity contribution is -0.118. The average molecular weight is 491 g/mol. The Kier molecular flexibility index (Phi) is 7.27. The first kappa shape index (κ1) is 24.3. The van der Waals surface area contributed by atoms with Gasteiger partial charge in [-0.3, -0.25) is 9.48 Å². The zero-order chi connectivity index (χ0) is 25.6. The molecule has 2 heterocycles. The monoisotopic (exact) mass is 490 g/mol. The van der Waals surface area contributed by atoms with Gasteiger partial charge < -0.3 is 10.2 Å². The van der Waals surface area contributed by atoms with Crippen LogP contribution in [0, 0.1) is 11.3 Å². The van der Waals surface area contributed by atoms with Gasteiger partial charge in [0.05, 0.1) is 18.2 Å². The molecule has 1 N–H and O–H groups in total. The van der Waals surface area contributed by atoms with Crippen LogP contribution in [-0.4, -0.2) is 32.8 Å². The molecule has 0 saturated heterocycles. The molecule has 5 rings (SSSR count). The van der Waals surface area contributed by atoms with E-state index in [1.807, 2.05) is 60.7 Å². The van der Waals surface area contributed by atoms with Crippen molar-refractivity contribution in [2.24, 2.45) is 7.05 Å². The van der Waals surface area contributed by atoms with E-state index in [2.05, 4.69) is 45.7 Å². The fraction of sp³-hybridized carbons (Fsp3) is 0.267. The van der Waals surface area contributed by atoms with Gasteiger partial charge in [0.2, 0.25) is 5.91 Å². The van der Waals surface area contributed by atoms with Gasteiger partial charge in [0.1, 0.15) is 11.9 Å². The number of carbonyl (C=O) groups is 1. The number of nitrogens with one attached hydrogen (secondary N) is 1. The van der Waals surface area contributed by atoms with Crippen molar-refractivity contribution in [1.29, 1.82) is 5.26 Å². The summed E-state index contributed by atoms with van der Waals surface area (Å²) in [6, 6.07) is 24.3. The van der Waals surface area contributed by atoms with Crippen LogP contribution >= 0.6 is 0 Å². The predicted octanol–water partition coefficient (Wildman–Crippen LogP) is 5.35. The van der Waals surface area contributed by atoms with Crippen molar-refractivity contribution in [2.45, 2.75) is 44.2 Å². The molecule has 37 heavy (non-hydrogen) atoms. The minimum absolute atomic E-state index is 0.116. The number of anilines is 2. The van der Waals surface area contributed by atoms with E-state index in [1.165, 1.54) is 0 Å². The number of nitriles is 1. The number of carbonyl (C=O) groups excluding carboxylic acids is 1. The second-order valence-electron chi connectivity index (χ2n) is 9.57. The van der Waals surface area contributed by atoms with E-state index in [9.17, 15) is 4.79 Å². The first-order chi connectivity index (χ1) is 18.1. The van der Waals surface area contributed by atoms with E-state index in [0.717, 1.165) is 53.9 Å². The normalized spacial score (nSPS) is 17.1. The molecule has 0 unspecified atom stereocenters. The number of pyridine rings is 1. The number of amides is 1. The Hall–Kier alpha value is -4.44. The van der Waals surface area contributed by atoms with E-state index >= 15 is 0 Å². The summed E-state index contributed by atoms with van der Waals surface area (Å²) in [7, 11) is 1.91. The van der Waals surface area contributed by atoms with Crippen LogP contribution in [0.2, 0.25) is 0 Å². The van der Waals surface area contributed by atoms with Crippen molar-refractivity contribution >= 4 is 17.4 Å². The topological polar surface area (TPSA) is 86.8 Å². The summed E-state index contributed by atoms with van der Waals surface area (Å²) < 4.78 is 1.79. The first-order valence-electron chi connectivity index (χ1n) is 12.7. The summed E-state index contributed by atoms with van der Waals surface area (Å²) in [6.45, 7) is 0. The Morgan fingerprint density at radius 1 is 1.00 bits per heavy atom. The summed E-state index contributed by atoms with van der Waals surface area (Å²) in [4.78, 5) is 20.0. The zero-order valence-electron chi connectivity index (χ0n) is 20.9. The quantitative estimate of drug-likeness (QED) is 0.377. The molecule has 1 saturated carbocycles. The second kappa shape index (κ2) is 11.1. The third-order valence-corrected chi connectivity index (χ3v) is 6.96. The smallest absolute Gasteiger partial charge is 0.231 e. The molecule has 1 aliphatic carbocycles. The molecule has 4 aromatic rings. The SMILES string of the molecule is Cn1cc(-c2ccc(N(C(=O)Cc3ccccc3)[C@H]3CC[C@H](Nc4ccc(C#N)cn4)CC3)cc2)cn1. The predicted molar refractivity (Wildman–Crippen MR) is 145 cm³/mol. The number of rotatable bonds is 7. The molecule has 0 bridgehead atoms. The van der Waals surface area contributed by atoms with E-state index in [1.54, 1.807) is 16.9 Å². The Morgan fingerprint density at radius 2 is 1.76 bits per heavy atom. The van der Waals surface area contributed by atoms with E-state index < -0.39 is 0 Å². The van der Waals surface area contributed by atoms with Crippen molar-refractivity contribution in [3.63, 3.8) is 0 Å². The van der Waals surface area contributed by atoms with Crippen molar-refractivity contribution in [3.05, 3.63) is 96.4 Å². The molecular formula is C30H30N6O. The lowest BCUT2D eigenvalue weighted by Gasteiger charge is -2.37. The largest absolute Gasteiger partial charge is 0.367 e. The van der Waals surface area contributed by atoms with Gasteiger partial charge in [-0.25, -0.2) is 4.98 Å². The number of aryl methyl sites for hydroxylation is 1. The van der Waals surface area contributed by atoms with Gasteiger partial charge in [-0.1, -0.05) is 42.5 Å². The third kappa shape index (κ3) is 5.87. The molecule has 0 atom stereocenters. The minimum atomic E-state index is 0.116. The van der Waals surface area contributed by atoms with Crippen LogP contribution in [0.4, 0.5) is 11.5 Å². The highest BCUT2D eigenvalue weighted by Crippen LogP contribution is 2.31. The van der Waals surface area contributed by atoms with Gasteiger partial charge >= 0.3 is 0 Å². The number of hydrogen-bond acceptors (Lipinski definition) is 5. The van der Waals surface area contributed by atoms with Crippen LogP contribution in [0.25, 0.3) is 11.1 Å². The van der Waals surface area contributed by atoms with Crippen LogP contribution in [0.15, 0.2) is 85.3 Å². The van der Waals surface area contributed by atoms with E-state index in [-0.39, 0.29) is 18.0 Å². The molecule has 1 aliphatic rings. The second-order valence-corrected chi connectivity index (χ2v) is 9.57. The van der Waals surface area contributed by atoms with E-state index in [4.69, 9.17) is 5.26 Å². The first-order valence-corrected chi connectivity index (χ1v) is 12.7. The molecule has 1 amide bonds. The number of hydrogen-bond donors (Lipinski definition) is 1. The number of aromatic nitrogens is 3. The summed E-state index contributed by atoms with van der Waals surface area (Å²) in [6.07, 6.45) is 9.49. The molecular weight excluding hydrogens is 460 g/mol. The number of benzene rings is 2. The highest BCUT2D eigenvalue weighted by molar-refractivity contribution is 5.95. The van der Waals surface area contributed by atoms with Crippen molar-refractivity contribution in [3.8, 4) is 17.2 Å². The summed E-state index contributed by atoms with van der Waals surface area (Å²) in [5, 5.41) is 16.8. The Morgan fingerprint density at radius 3 is 2.38 bits per heavy atom. The fourth-order valence-electron chi connectivity index (χ4n) is 5.03. The molecule has 2 aromatic carbocycles. The fourth-order valence-corrected chi connectivity index (χ4v) is 5.03. The van der Waals surface area contributed by atoms with Crippen LogP contribution in [0.3, 0.4) is 0 Å². The van der Waals surface area contributed by atoms with Crippen molar-refractivity contribution in [2.75, 3.05) is 10.2 Å². The van der Waals surface area contributed by atoms with Gasteiger partial charge in [-0.05, 0) is 61.1 Å². The lowest BCUT2D eigenvalue weighted by Crippen LogP contribution is -2.45.